The van der Waals surface area contributed by atoms with E-state index in [-0.39, 0.29) is 0 Å². The number of rotatable bonds is 2. The van der Waals surface area contributed by atoms with Gasteiger partial charge in [-0.25, -0.2) is 4.79 Å². The van der Waals surface area contributed by atoms with Gasteiger partial charge < -0.3 is 10.0 Å². The molecule has 0 aromatic carbocycles. The summed E-state index contributed by atoms with van der Waals surface area (Å²) in [4.78, 5) is 12.3. The van der Waals surface area contributed by atoms with Crippen molar-refractivity contribution in [3.63, 3.8) is 0 Å². The van der Waals surface area contributed by atoms with Crippen molar-refractivity contribution in [2.24, 2.45) is 5.92 Å². The average molecular weight is 155 g/mol. The fourth-order valence-electron chi connectivity index (χ4n) is 1.34. The molecule has 1 aliphatic rings. The van der Waals surface area contributed by atoms with Gasteiger partial charge in [0.15, 0.2) is 0 Å². The van der Waals surface area contributed by atoms with Crippen LogP contribution in [0.2, 0.25) is 0 Å². The van der Waals surface area contributed by atoms with E-state index in [4.69, 9.17) is 5.11 Å². The Morgan fingerprint density at radius 3 is 2.91 bits per heavy atom. The molecule has 0 spiro atoms. The van der Waals surface area contributed by atoms with Gasteiger partial charge in [0.05, 0.1) is 0 Å². The predicted octanol–water partition coefficient (Wildman–Crippen LogP) is 0.579. The number of carboxylic acid groups (broad SMARTS) is 1. The molecule has 0 aromatic rings. The maximum Gasteiger partial charge on any atom is 0.327 e. The highest BCUT2D eigenvalue weighted by molar-refractivity contribution is 5.79. The minimum absolute atomic E-state index is 0.441. The summed E-state index contributed by atoms with van der Waals surface area (Å²) in [6.07, 6.45) is 4.11. The van der Waals surface area contributed by atoms with Crippen molar-refractivity contribution in [3.05, 3.63) is 12.2 Å². The number of hydrogen-bond donors (Lipinski definition) is 1. The van der Waals surface area contributed by atoms with E-state index in [1.54, 1.807) is 6.08 Å². The van der Waals surface area contributed by atoms with Gasteiger partial charge >= 0.3 is 5.97 Å². The van der Waals surface area contributed by atoms with Crippen LogP contribution in [0.25, 0.3) is 0 Å². The number of nitrogens with zero attached hydrogens (tertiary/aromatic N) is 1. The van der Waals surface area contributed by atoms with Crippen molar-refractivity contribution < 1.29 is 9.90 Å². The third-order valence-corrected chi connectivity index (χ3v) is 1.94. The lowest BCUT2D eigenvalue weighted by molar-refractivity contribution is -0.131. The Bertz CT molecular complexity index is 177. The first kappa shape index (κ1) is 8.27. The average Bonchev–Trinajstić information content (AvgIpc) is 2.31. The number of carboxylic acids is 1. The fourth-order valence-corrected chi connectivity index (χ4v) is 1.34. The second-order valence-corrected chi connectivity index (χ2v) is 3.01. The summed E-state index contributed by atoms with van der Waals surface area (Å²) in [5.74, 6) is -0.407. The van der Waals surface area contributed by atoms with Gasteiger partial charge in [-0.05, 0) is 25.9 Å². The Balaban J connectivity index is 2.33. The topological polar surface area (TPSA) is 40.5 Å². The Morgan fingerprint density at radius 1 is 1.73 bits per heavy atom. The number of hydrogen-bond acceptors (Lipinski definition) is 2. The molecule has 1 fully saturated rings. The van der Waals surface area contributed by atoms with Crippen LogP contribution in [-0.2, 0) is 4.79 Å². The van der Waals surface area contributed by atoms with Crippen molar-refractivity contribution in [2.75, 3.05) is 20.1 Å². The van der Waals surface area contributed by atoms with E-state index >= 15 is 0 Å². The first-order valence-electron chi connectivity index (χ1n) is 3.78. The maximum atomic E-state index is 10.1. The summed E-state index contributed by atoms with van der Waals surface area (Å²) in [7, 11) is 2.05. The highest BCUT2D eigenvalue weighted by Gasteiger charge is 2.16. The molecule has 0 saturated carbocycles. The summed E-state index contributed by atoms with van der Waals surface area (Å²) in [6.45, 7) is 2.07. The zero-order valence-electron chi connectivity index (χ0n) is 6.66. The fraction of sp³-hybridized carbons (Fsp3) is 0.625. The minimum Gasteiger partial charge on any atom is -0.478 e. The van der Waals surface area contributed by atoms with E-state index < -0.39 is 5.97 Å². The van der Waals surface area contributed by atoms with Gasteiger partial charge in [-0.15, -0.1) is 0 Å². The molecule has 11 heavy (non-hydrogen) atoms. The van der Waals surface area contributed by atoms with Crippen molar-refractivity contribution in [2.45, 2.75) is 6.42 Å². The molecule has 1 saturated heterocycles. The highest BCUT2D eigenvalue weighted by atomic mass is 16.4. The van der Waals surface area contributed by atoms with E-state index in [9.17, 15) is 4.79 Å². The molecule has 0 aromatic heterocycles. The van der Waals surface area contributed by atoms with Crippen molar-refractivity contribution in [1.82, 2.24) is 4.90 Å². The van der Waals surface area contributed by atoms with E-state index in [0.717, 1.165) is 19.5 Å². The van der Waals surface area contributed by atoms with Gasteiger partial charge in [0.1, 0.15) is 0 Å². The minimum atomic E-state index is -0.848. The molecule has 1 rings (SSSR count). The van der Waals surface area contributed by atoms with Gasteiger partial charge in [-0.1, -0.05) is 6.08 Å². The Labute approximate surface area is 66.3 Å². The van der Waals surface area contributed by atoms with Crippen molar-refractivity contribution in [3.8, 4) is 0 Å². The van der Waals surface area contributed by atoms with Crippen LogP contribution in [0.3, 0.4) is 0 Å². The zero-order valence-corrected chi connectivity index (χ0v) is 6.66. The van der Waals surface area contributed by atoms with Gasteiger partial charge in [0.25, 0.3) is 0 Å². The first-order valence-corrected chi connectivity index (χ1v) is 3.78. The number of carbonyl (C=O) groups is 1. The smallest absolute Gasteiger partial charge is 0.327 e. The molecule has 3 heteroatoms. The highest BCUT2D eigenvalue weighted by Crippen LogP contribution is 2.14. The zero-order chi connectivity index (χ0) is 8.27. The largest absolute Gasteiger partial charge is 0.478 e. The standard InChI is InChI=1S/C8H13NO2/c1-9-5-4-7(6-9)2-3-8(10)11/h2-3,7H,4-6H2,1H3,(H,10,11)/b3-2-. The van der Waals surface area contributed by atoms with Gasteiger partial charge in [-0.3, -0.25) is 0 Å². The SMILES string of the molecule is CN1CCC(/C=C\C(=O)O)C1. The summed E-state index contributed by atoms with van der Waals surface area (Å²) in [6, 6.07) is 0. The summed E-state index contributed by atoms with van der Waals surface area (Å²) < 4.78 is 0. The normalized spacial score (nSPS) is 26.5. The van der Waals surface area contributed by atoms with Crippen LogP contribution in [0.1, 0.15) is 6.42 Å². The van der Waals surface area contributed by atoms with Gasteiger partial charge in [0, 0.05) is 12.6 Å². The van der Waals surface area contributed by atoms with Gasteiger partial charge in [-0.2, -0.15) is 0 Å². The van der Waals surface area contributed by atoms with Crippen molar-refractivity contribution in [1.29, 1.82) is 0 Å². The number of aliphatic carboxylic acids is 1. The van der Waals surface area contributed by atoms with Crippen LogP contribution in [0.5, 0.6) is 0 Å². The van der Waals surface area contributed by atoms with Crippen LogP contribution < -0.4 is 0 Å². The molecule has 1 unspecified atom stereocenters. The maximum absolute atomic E-state index is 10.1. The molecule has 1 aliphatic heterocycles. The van der Waals surface area contributed by atoms with Crippen LogP contribution in [0.4, 0.5) is 0 Å². The van der Waals surface area contributed by atoms with E-state index in [1.165, 1.54) is 6.08 Å². The molecule has 0 radical (unpaired) electrons. The molecular formula is C8H13NO2. The Hall–Kier alpha value is -0.830. The second kappa shape index (κ2) is 3.53. The molecular weight excluding hydrogens is 142 g/mol. The van der Waals surface area contributed by atoms with Crippen LogP contribution >= 0.6 is 0 Å². The molecule has 1 heterocycles. The van der Waals surface area contributed by atoms with Crippen molar-refractivity contribution >= 4 is 5.97 Å². The first-order chi connectivity index (χ1) is 5.18. The molecule has 0 aliphatic carbocycles. The molecule has 62 valence electrons. The second-order valence-electron chi connectivity index (χ2n) is 3.01. The van der Waals surface area contributed by atoms with Crippen LogP contribution in [0, 0.1) is 5.92 Å². The van der Waals surface area contributed by atoms with Crippen LogP contribution in [0.15, 0.2) is 12.2 Å². The van der Waals surface area contributed by atoms with E-state index in [2.05, 4.69) is 11.9 Å². The predicted molar refractivity (Wildman–Crippen MR) is 42.4 cm³/mol. The third-order valence-electron chi connectivity index (χ3n) is 1.94. The molecule has 0 bridgehead atoms. The quantitative estimate of drug-likeness (QED) is 0.593. The third kappa shape index (κ3) is 2.72. The summed E-state index contributed by atoms with van der Waals surface area (Å²) >= 11 is 0. The molecule has 1 atom stereocenters. The Morgan fingerprint density at radius 2 is 2.45 bits per heavy atom. The lowest BCUT2D eigenvalue weighted by atomic mass is 10.1. The Kier molecular flexibility index (Phi) is 2.65. The molecule has 1 N–H and O–H groups in total. The lowest BCUT2D eigenvalue weighted by Crippen LogP contribution is -2.13. The van der Waals surface area contributed by atoms with E-state index in [0.29, 0.717) is 5.92 Å². The summed E-state index contributed by atoms with van der Waals surface area (Å²) in [5, 5.41) is 8.34. The van der Waals surface area contributed by atoms with Gasteiger partial charge in [0.2, 0.25) is 0 Å². The monoisotopic (exact) mass is 155 g/mol. The number of likely N-dealkylation sites (tertiary alicyclic amines) is 1. The molecule has 0 amide bonds. The molecule has 3 nitrogen and oxygen atoms in total. The summed E-state index contributed by atoms with van der Waals surface area (Å²) in [5.41, 5.74) is 0. The van der Waals surface area contributed by atoms with E-state index in [1.807, 2.05) is 0 Å². The van der Waals surface area contributed by atoms with Crippen LogP contribution in [-0.4, -0.2) is 36.1 Å². The lowest BCUT2D eigenvalue weighted by Gasteiger charge is -2.04.